The van der Waals surface area contributed by atoms with Crippen molar-refractivity contribution in [1.82, 2.24) is 0 Å². The molecule has 4 heteroatoms. The molecule has 4 aromatic rings. The number of morpholine rings is 1. The molecule has 1 fully saturated rings. The molecule has 3 aromatic carbocycles. The van der Waals surface area contributed by atoms with Crippen LogP contribution in [-0.2, 0) is 10.3 Å². The van der Waals surface area contributed by atoms with E-state index >= 15 is 0 Å². The lowest BCUT2D eigenvalue weighted by atomic mass is 9.86. The Morgan fingerprint density at radius 1 is 0.806 bits per heavy atom. The van der Waals surface area contributed by atoms with Crippen molar-refractivity contribution in [3.63, 3.8) is 0 Å². The molecule has 2 aliphatic heterocycles. The second-order valence-electron chi connectivity index (χ2n) is 7.99. The molecule has 0 radical (unpaired) electrons. The van der Waals surface area contributed by atoms with Gasteiger partial charge in [0.1, 0.15) is 5.75 Å². The number of anilines is 1. The predicted octanol–water partition coefficient (Wildman–Crippen LogP) is 5.62. The molecule has 1 saturated heterocycles. The highest BCUT2D eigenvalue weighted by Crippen LogP contribution is 2.44. The fourth-order valence-electron chi connectivity index (χ4n) is 4.61. The van der Waals surface area contributed by atoms with Gasteiger partial charge in [-0.2, -0.15) is 0 Å². The number of hydrogen-bond acceptors (Lipinski definition) is 4. The van der Waals surface area contributed by atoms with Gasteiger partial charge in [0, 0.05) is 29.9 Å². The summed E-state index contributed by atoms with van der Waals surface area (Å²) in [6.07, 6.45) is 5.98. The number of hydrogen-bond donors (Lipinski definition) is 0. The highest BCUT2D eigenvalue weighted by Gasteiger charge is 2.40. The van der Waals surface area contributed by atoms with Gasteiger partial charge in [0.15, 0.2) is 5.76 Å². The molecular weight excluding hydrogens is 386 g/mol. The number of rotatable bonds is 3. The summed E-state index contributed by atoms with van der Waals surface area (Å²) in [5.74, 6) is 1.62. The summed E-state index contributed by atoms with van der Waals surface area (Å²) in [6.45, 7) is 3.38. The molecule has 1 aromatic heterocycles. The normalized spacial score (nSPS) is 20.5. The molecule has 0 N–H and O–H groups in total. The van der Waals surface area contributed by atoms with E-state index in [1.54, 1.807) is 6.26 Å². The van der Waals surface area contributed by atoms with E-state index in [4.69, 9.17) is 13.9 Å². The first-order valence-corrected chi connectivity index (χ1v) is 10.7. The van der Waals surface area contributed by atoms with Gasteiger partial charge in [-0.1, -0.05) is 42.5 Å². The molecule has 2 aliphatic rings. The Labute approximate surface area is 181 Å². The van der Waals surface area contributed by atoms with Crippen LogP contribution in [0.15, 0.2) is 89.6 Å². The first-order valence-electron chi connectivity index (χ1n) is 10.7. The van der Waals surface area contributed by atoms with Gasteiger partial charge in [0.05, 0.1) is 19.5 Å². The van der Waals surface area contributed by atoms with Gasteiger partial charge in [-0.05, 0) is 53.3 Å². The summed E-state index contributed by atoms with van der Waals surface area (Å²) in [6, 6.07) is 25.1. The molecule has 0 spiro atoms. The number of ether oxygens (including phenoxy) is 2. The first kappa shape index (κ1) is 18.3. The quantitative estimate of drug-likeness (QED) is 0.440. The highest BCUT2D eigenvalue weighted by molar-refractivity contribution is 5.94. The van der Waals surface area contributed by atoms with E-state index in [-0.39, 0.29) is 0 Å². The van der Waals surface area contributed by atoms with E-state index in [1.807, 2.05) is 12.1 Å². The summed E-state index contributed by atoms with van der Waals surface area (Å²) in [4.78, 5) is 2.35. The third kappa shape index (κ3) is 3.03. The number of nitrogens with zero attached hydrogens (tertiary/aromatic N) is 1. The fraction of sp³-hybridized carbons (Fsp3) is 0.185. The van der Waals surface area contributed by atoms with Crippen molar-refractivity contribution in [3.8, 4) is 5.75 Å². The van der Waals surface area contributed by atoms with Crippen molar-refractivity contribution in [2.75, 3.05) is 31.2 Å². The smallest absolute Gasteiger partial charge is 0.210 e. The van der Waals surface area contributed by atoms with E-state index < -0.39 is 5.60 Å². The second-order valence-corrected chi connectivity index (χ2v) is 7.99. The van der Waals surface area contributed by atoms with Gasteiger partial charge in [-0.3, -0.25) is 0 Å². The number of benzene rings is 3. The van der Waals surface area contributed by atoms with Crippen LogP contribution in [0, 0.1) is 0 Å². The van der Waals surface area contributed by atoms with Crippen LogP contribution in [0.2, 0.25) is 0 Å². The third-order valence-electron chi connectivity index (χ3n) is 6.25. The first-order chi connectivity index (χ1) is 15.3. The minimum Gasteiger partial charge on any atom is -0.470 e. The molecule has 0 aliphatic carbocycles. The van der Waals surface area contributed by atoms with Crippen molar-refractivity contribution in [1.29, 1.82) is 0 Å². The maximum absolute atomic E-state index is 6.73. The van der Waals surface area contributed by atoms with E-state index in [9.17, 15) is 0 Å². The summed E-state index contributed by atoms with van der Waals surface area (Å²) in [5.41, 5.74) is 2.54. The predicted molar refractivity (Wildman–Crippen MR) is 123 cm³/mol. The maximum atomic E-state index is 6.73. The lowest BCUT2D eigenvalue weighted by Gasteiger charge is -2.35. The number of fused-ring (bicyclic) bond motifs is 3. The van der Waals surface area contributed by atoms with E-state index in [0.717, 1.165) is 48.9 Å². The molecule has 0 bridgehead atoms. The molecule has 6 rings (SSSR count). The van der Waals surface area contributed by atoms with Crippen LogP contribution in [0.5, 0.6) is 5.75 Å². The fourth-order valence-corrected chi connectivity index (χ4v) is 4.61. The van der Waals surface area contributed by atoms with Crippen LogP contribution >= 0.6 is 0 Å². The van der Waals surface area contributed by atoms with Crippen molar-refractivity contribution in [2.45, 2.75) is 5.60 Å². The second kappa shape index (κ2) is 7.33. The largest absolute Gasteiger partial charge is 0.470 e. The van der Waals surface area contributed by atoms with Gasteiger partial charge >= 0.3 is 0 Å². The van der Waals surface area contributed by atoms with E-state index in [1.165, 1.54) is 16.5 Å². The Kier molecular flexibility index (Phi) is 4.32. The maximum Gasteiger partial charge on any atom is 0.210 e. The average Bonchev–Trinajstić information content (AvgIpc) is 3.40. The van der Waals surface area contributed by atoms with E-state index in [2.05, 4.69) is 77.7 Å². The van der Waals surface area contributed by atoms with Crippen LogP contribution in [0.25, 0.3) is 16.8 Å². The third-order valence-corrected chi connectivity index (χ3v) is 6.25. The van der Waals surface area contributed by atoms with Gasteiger partial charge in [0.2, 0.25) is 5.60 Å². The summed E-state index contributed by atoms with van der Waals surface area (Å²) >= 11 is 0. The van der Waals surface area contributed by atoms with Crippen LogP contribution < -0.4 is 9.64 Å². The van der Waals surface area contributed by atoms with Gasteiger partial charge in [-0.15, -0.1) is 0 Å². The summed E-state index contributed by atoms with van der Waals surface area (Å²) in [7, 11) is 0. The molecular formula is C27H23NO3. The molecule has 4 nitrogen and oxygen atoms in total. The zero-order valence-corrected chi connectivity index (χ0v) is 17.2. The summed E-state index contributed by atoms with van der Waals surface area (Å²) in [5, 5.41) is 2.39. The highest BCUT2D eigenvalue weighted by atomic mass is 16.5. The minimum absolute atomic E-state index is 0.765. The van der Waals surface area contributed by atoms with Crippen LogP contribution in [0.1, 0.15) is 16.9 Å². The average molecular weight is 409 g/mol. The lowest BCUT2D eigenvalue weighted by molar-refractivity contribution is 0.122. The van der Waals surface area contributed by atoms with Crippen LogP contribution in [0.3, 0.4) is 0 Å². The molecule has 0 saturated carbocycles. The lowest BCUT2D eigenvalue weighted by Crippen LogP contribution is -2.36. The Morgan fingerprint density at radius 3 is 2.45 bits per heavy atom. The minimum atomic E-state index is -0.803. The van der Waals surface area contributed by atoms with Gasteiger partial charge < -0.3 is 18.8 Å². The van der Waals surface area contributed by atoms with Crippen molar-refractivity contribution in [2.24, 2.45) is 0 Å². The zero-order chi connectivity index (χ0) is 20.7. The Morgan fingerprint density at radius 2 is 1.65 bits per heavy atom. The zero-order valence-electron chi connectivity index (χ0n) is 17.2. The molecule has 0 amide bonds. The van der Waals surface area contributed by atoms with Crippen molar-refractivity contribution < 1.29 is 13.9 Å². The molecule has 31 heavy (non-hydrogen) atoms. The molecule has 1 unspecified atom stereocenters. The summed E-state index contributed by atoms with van der Waals surface area (Å²) < 4.78 is 18.1. The van der Waals surface area contributed by atoms with Crippen molar-refractivity contribution in [3.05, 3.63) is 102 Å². The van der Waals surface area contributed by atoms with E-state index in [0.29, 0.717) is 0 Å². The standard InChI is InChI=1S/C27H23NO3/c1-2-5-23-20(4-1)7-12-25-24(23)13-14-27(31-25,26-6-3-17-30-26)21-8-10-22(11-9-21)28-15-18-29-19-16-28/h1-14,17H,15-16,18-19H2. The molecule has 154 valence electrons. The van der Waals surface area contributed by atoms with Gasteiger partial charge in [0.25, 0.3) is 0 Å². The Balaban J connectivity index is 1.44. The van der Waals surface area contributed by atoms with Crippen LogP contribution in [-0.4, -0.2) is 26.3 Å². The monoisotopic (exact) mass is 409 g/mol. The van der Waals surface area contributed by atoms with Gasteiger partial charge in [-0.25, -0.2) is 0 Å². The molecule has 3 heterocycles. The molecule has 1 atom stereocenters. The Hall–Kier alpha value is -3.50. The van der Waals surface area contributed by atoms with Crippen LogP contribution in [0.4, 0.5) is 5.69 Å². The topological polar surface area (TPSA) is 34.8 Å². The number of furan rings is 1. The Bertz CT molecular complexity index is 1240. The van der Waals surface area contributed by atoms with Crippen molar-refractivity contribution >= 4 is 22.5 Å². The SMILES string of the molecule is C1=CC(c2ccc(N3CCOCC3)cc2)(c2ccco2)Oc2ccc3ccccc3c21.